The molecular formula is C16H22N2O2. The van der Waals surface area contributed by atoms with E-state index in [9.17, 15) is 4.79 Å². The van der Waals surface area contributed by atoms with Crippen LogP contribution in [0.25, 0.3) is 0 Å². The predicted molar refractivity (Wildman–Crippen MR) is 76.6 cm³/mol. The highest BCUT2D eigenvalue weighted by Gasteiger charge is 2.36. The van der Waals surface area contributed by atoms with Crippen LogP contribution in [0.15, 0.2) is 18.2 Å². The minimum Gasteiger partial charge on any atom is -0.477 e. The van der Waals surface area contributed by atoms with Crippen LogP contribution in [-0.2, 0) is 6.54 Å². The lowest BCUT2D eigenvalue weighted by Crippen LogP contribution is -2.38. The fourth-order valence-electron chi connectivity index (χ4n) is 3.73. The van der Waals surface area contributed by atoms with Crippen LogP contribution < -0.4 is 0 Å². The number of rotatable bonds is 3. The third-order valence-electron chi connectivity index (χ3n) is 4.99. The highest BCUT2D eigenvalue weighted by molar-refractivity contribution is 5.85. The smallest absolute Gasteiger partial charge is 0.354 e. The topological polar surface area (TPSA) is 53.4 Å². The fraction of sp³-hybridized carbons (Fsp3) is 0.625. The predicted octanol–water partition coefficient (Wildman–Crippen LogP) is 2.94. The zero-order valence-electron chi connectivity index (χ0n) is 11.8. The molecule has 0 bridgehead atoms. The first-order valence-electron chi connectivity index (χ1n) is 7.59. The summed E-state index contributed by atoms with van der Waals surface area (Å²) in [4.78, 5) is 17.6. The Morgan fingerprint density at radius 1 is 1.20 bits per heavy atom. The van der Waals surface area contributed by atoms with Crippen LogP contribution in [-0.4, -0.2) is 34.0 Å². The minimum absolute atomic E-state index is 0.145. The number of carboxylic acids is 1. The standard InChI is InChI=1S/C16H22N2O2/c19-15(20)14-5-3-4-13(17-14)12-18-10-8-16(9-11-18)6-1-2-7-16/h3-5H,1-2,6-12H2,(H,19,20). The van der Waals surface area contributed by atoms with Gasteiger partial charge in [-0.1, -0.05) is 18.9 Å². The number of carbonyl (C=O) groups is 1. The largest absolute Gasteiger partial charge is 0.477 e. The van der Waals surface area contributed by atoms with Gasteiger partial charge in [0.1, 0.15) is 5.69 Å². The normalized spacial score (nSPS) is 22.2. The van der Waals surface area contributed by atoms with E-state index in [4.69, 9.17) is 5.11 Å². The third-order valence-corrected chi connectivity index (χ3v) is 4.99. The van der Waals surface area contributed by atoms with E-state index in [0.29, 0.717) is 5.41 Å². The van der Waals surface area contributed by atoms with Crippen LogP contribution in [0.2, 0.25) is 0 Å². The average Bonchev–Trinajstić information content (AvgIpc) is 2.90. The first kappa shape index (κ1) is 13.6. The SMILES string of the molecule is O=C(O)c1cccc(CN2CCC3(CCCC3)CC2)n1. The minimum atomic E-state index is -0.949. The van der Waals surface area contributed by atoms with Gasteiger partial charge in [0.15, 0.2) is 0 Å². The molecule has 0 atom stereocenters. The van der Waals surface area contributed by atoms with Gasteiger partial charge >= 0.3 is 5.97 Å². The van der Waals surface area contributed by atoms with E-state index in [1.54, 1.807) is 12.1 Å². The maximum absolute atomic E-state index is 10.9. The molecule has 0 unspecified atom stereocenters. The molecule has 2 heterocycles. The number of carboxylic acid groups (broad SMARTS) is 1. The molecule has 4 nitrogen and oxygen atoms in total. The van der Waals surface area contributed by atoms with Gasteiger partial charge in [-0.3, -0.25) is 4.90 Å². The fourth-order valence-corrected chi connectivity index (χ4v) is 3.73. The molecule has 1 saturated heterocycles. The van der Waals surface area contributed by atoms with Gasteiger partial charge in [0.2, 0.25) is 0 Å². The van der Waals surface area contributed by atoms with Crippen LogP contribution in [0.3, 0.4) is 0 Å². The lowest BCUT2D eigenvalue weighted by molar-refractivity contribution is 0.0689. The molecule has 1 aliphatic heterocycles. The van der Waals surface area contributed by atoms with Gasteiger partial charge in [-0.2, -0.15) is 0 Å². The van der Waals surface area contributed by atoms with Crippen molar-refractivity contribution in [2.45, 2.75) is 45.1 Å². The Kier molecular flexibility index (Phi) is 3.74. The van der Waals surface area contributed by atoms with Crippen LogP contribution in [0.1, 0.15) is 54.7 Å². The zero-order valence-corrected chi connectivity index (χ0v) is 11.8. The molecule has 4 heteroatoms. The summed E-state index contributed by atoms with van der Waals surface area (Å²) in [7, 11) is 0. The Morgan fingerprint density at radius 3 is 2.55 bits per heavy atom. The molecule has 0 radical (unpaired) electrons. The lowest BCUT2D eigenvalue weighted by atomic mass is 9.77. The Bertz CT molecular complexity index is 485. The van der Waals surface area contributed by atoms with Crippen molar-refractivity contribution in [1.82, 2.24) is 9.88 Å². The molecule has 0 amide bonds. The summed E-state index contributed by atoms with van der Waals surface area (Å²) in [5.41, 5.74) is 1.64. The zero-order chi connectivity index (χ0) is 14.0. The summed E-state index contributed by atoms with van der Waals surface area (Å²) in [6.45, 7) is 3.02. The number of aromatic nitrogens is 1. The summed E-state index contributed by atoms with van der Waals surface area (Å²) in [5, 5.41) is 8.98. The molecule has 1 saturated carbocycles. The van der Waals surface area contributed by atoms with E-state index in [1.165, 1.54) is 38.5 Å². The lowest BCUT2D eigenvalue weighted by Gasteiger charge is -2.39. The van der Waals surface area contributed by atoms with Crippen molar-refractivity contribution in [2.24, 2.45) is 5.41 Å². The molecule has 20 heavy (non-hydrogen) atoms. The number of aromatic carboxylic acids is 1. The van der Waals surface area contributed by atoms with Crippen LogP contribution in [0.5, 0.6) is 0 Å². The number of pyridine rings is 1. The summed E-state index contributed by atoms with van der Waals surface area (Å²) < 4.78 is 0. The Morgan fingerprint density at radius 2 is 1.90 bits per heavy atom. The first-order chi connectivity index (χ1) is 9.67. The van der Waals surface area contributed by atoms with Crippen molar-refractivity contribution < 1.29 is 9.90 Å². The van der Waals surface area contributed by atoms with Gasteiger partial charge in [0, 0.05) is 6.54 Å². The van der Waals surface area contributed by atoms with Crippen molar-refractivity contribution in [1.29, 1.82) is 0 Å². The van der Waals surface area contributed by atoms with E-state index in [-0.39, 0.29) is 5.69 Å². The molecule has 1 aliphatic carbocycles. The van der Waals surface area contributed by atoms with Crippen molar-refractivity contribution in [3.8, 4) is 0 Å². The van der Waals surface area contributed by atoms with E-state index in [0.717, 1.165) is 25.3 Å². The Labute approximate surface area is 119 Å². The number of hydrogen-bond acceptors (Lipinski definition) is 3. The van der Waals surface area contributed by atoms with Gasteiger partial charge < -0.3 is 5.11 Å². The van der Waals surface area contributed by atoms with Gasteiger partial charge in [-0.25, -0.2) is 9.78 Å². The molecule has 0 aromatic carbocycles. The van der Waals surface area contributed by atoms with Gasteiger partial charge in [0.05, 0.1) is 5.69 Å². The molecule has 108 valence electrons. The van der Waals surface area contributed by atoms with Crippen molar-refractivity contribution in [3.05, 3.63) is 29.6 Å². The van der Waals surface area contributed by atoms with Crippen molar-refractivity contribution in [3.63, 3.8) is 0 Å². The number of piperidine rings is 1. The van der Waals surface area contributed by atoms with Gasteiger partial charge in [0.25, 0.3) is 0 Å². The number of hydrogen-bond donors (Lipinski definition) is 1. The van der Waals surface area contributed by atoms with E-state index in [1.807, 2.05) is 6.07 Å². The summed E-state index contributed by atoms with van der Waals surface area (Å²) in [6.07, 6.45) is 8.23. The monoisotopic (exact) mass is 274 g/mol. The Hall–Kier alpha value is -1.42. The molecule has 1 aromatic heterocycles. The number of likely N-dealkylation sites (tertiary alicyclic amines) is 1. The molecular weight excluding hydrogens is 252 g/mol. The molecule has 3 rings (SSSR count). The van der Waals surface area contributed by atoms with Crippen LogP contribution in [0, 0.1) is 5.41 Å². The second-order valence-corrected chi connectivity index (χ2v) is 6.30. The summed E-state index contributed by atoms with van der Waals surface area (Å²) >= 11 is 0. The molecule has 1 N–H and O–H groups in total. The number of nitrogens with zero attached hydrogens (tertiary/aromatic N) is 2. The van der Waals surface area contributed by atoms with Gasteiger partial charge in [-0.15, -0.1) is 0 Å². The van der Waals surface area contributed by atoms with E-state index in [2.05, 4.69) is 9.88 Å². The molecule has 2 fully saturated rings. The van der Waals surface area contributed by atoms with Crippen molar-refractivity contribution >= 4 is 5.97 Å². The van der Waals surface area contributed by atoms with E-state index < -0.39 is 5.97 Å². The Balaban J connectivity index is 1.59. The highest BCUT2D eigenvalue weighted by Crippen LogP contribution is 2.46. The van der Waals surface area contributed by atoms with E-state index >= 15 is 0 Å². The van der Waals surface area contributed by atoms with Crippen molar-refractivity contribution in [2.75, 3.05) is 13.1 Å². The summed E-state index contributed by atoms with van der Waals surface area (Å²) in [6, 6.07) is 5.26. The maximum Gasteiger partial charge on any atom is 0.354 e. The molecule has 1 aromatic rings. The molecule has 1 spiro atoms. The second kappa shape index (κ2) is 5.52. The average molecular weight is 274 g/mol. The summed E-state index contributed by atoms with van der Waals surface area (Å²) in [5.74, 6) is -0.949. The second-order valence-electron chi connectivity index (χ2n) is 6.30. The van der Waals surface area contributed by atoms with Crippen LogP contribution in [0.4, 0.5) is 0 Å². The van der Waals surface area contributed by atoms with Gasteiger partial charge in [-0.05, 0) is 56.3 Å². The third kappa shape index (κ3) is 2.85. The highest BCUT2D eigenvalue weighted by atomic mass is 16.4. The molecule has 2 aliphatic rings. The van der Waals surface area contributed by atoms with Crippen LogP contribution >= 0.6 is 0 Å². The quantitative estimate of drug-likeness (QED) is 0.920. The first-order valence-corrected chi connectivity index (χ1v) is 7.59. The maximum atomic E-state index is 10.9.